The molecule has 0 N–H and O–H groups in total. The number of hydrogen-bond donors (Lipinski definition) is 0. The molecular weight excluding hydrogens is 146 g/mol. The van der Waals surface area contributed by atoms with Gasteiger partial charge in [0.2, 0.25) is 0 Å². The van der Waals surface area contributed by atoms with Crippen LogP contribution in [0.2, 0.25) is 0 Å². The highest BCUT2D eigenvalue weighted by atomic mass is 35.5. The number of terminal acetylenes is 1. The van der Waals surface area contributed by atoms with Gasteiger partial charge >= 0.3 is 0 Å². The summed E-state index contributed by atoms with van der Waals surface area (Å²) in [5, 5.41) is -0.402. The Hall–Kier alpha value is -1.00. The van der Waals surface area contributed by atoms with Crippen molar-refractivity contribution in [1.82, 2.24) is 4.98 Å². The lowest BCUT2D eigenvalue weighted by atomic mass is 10.3. The summed E-state index contributed by atoms with van der Waals surface area (Å²) in [4.78, 5) is 3.98. The van der Waals surface area contributed by atoms with E-state index < -0.39 is 5.38 Å². The second-order valence-electron chi connectivity index (χ2n) is 1.78. The zero-order chi connectivity index (χ0) is 7.40. The Bertz CT molecular complexity index is 237. The van der Waals surface area contributed by atoms with E-state index in [2.05, 4.69) is 10.9 Å². The molecule has 0 spiro atoms. The van der Waals surface area contributed by atoms with Gasteiger partial charge in [-0.1, -0.05) is 12.0 Å². The number of alkyl halides is 1. The van der Waals surface area contributed by atoms with Gasteiger partial charge in [0, 0.05) is 6.20 Å². The van der Waals surface area contributed by atoms with E-state index in [0.717, 1.165) is 5.69 Å². The number of aromatic nitrogens is 1. The van der Waals surface area contributed by atoms with Gasteiger partial charge in [0.15, 0.2) is 0 Å². The summed E-state index contributed by atoms with van der Waals surface area (Å²) in [6.45, 7) is 0. The maximum Gasteiger partial charge on any atom is 0.136 e. The third-order valence-electron chi connectivity index (χ3n) is 1.09. The quantitative estimate of drug-likeness (QED) is 0.442. The van der Waals surface area contributed by atoms with Crippen molar-refractivity contribution in [2.75, 3.05) is 0 Å². The summed E-state index contributed by atoms with van der Waals surface area (Å²) in [6.07, 6.45) is 6.75. The molecule has 1 heterocycles. The van der Waals surface area contributed by atoms with Crippen molar-refractivity contribution in [3.63, 3.8) is 0 Å². The minimum Gasteiger partial charge on any atom is -0.259 e. The molecule has 1 rings (SSSR count). The molecule has 2 heteroatoms. The zero-order valence-electron chi connectivity index (χ0n) is 5.29. The molecule has 1 aromatic rings. The van der Waals surface area contributed by atoms with Crippen LogP contribution < -0.4 is 0 Å². The van der Waals surface area contributed by atoms with E-state index in [9.17, 15) is 0 Å². The van der Waals surface area contributed by atoms with Crippen LogP contribution in [0, 0.1) is 12.3 Å². The Morgan fingerprint density at radius 3 is 2.90 bits per heavy atom. The lowest BCUT2D eigenvalue weighted by Crippen LogP contribution is -1.88. The van der Waals surface area contributed by atoms with Crippen molar-refractivity contribution in [2.45, 2.75) is 5.38 Å². The Morgan fingerprint density at radius 1 is 1.60 bits per heavy atom. The minimum absolute atomic E-state index is 0.402. The monoisotopic (exact) mass is 151 g/mol. The van der Waals surface area contributed by atoms with Gasteiger partial charge in [-0.05, 0) is 12.1 Å². The molecule has 1 nitrogen and oxygen atoms in total. The van der Waals surface area contributed by atoms with E-state index in [1.807, 2.05) is 12.1 Å². The Kier molecular flexibility index (Phi) is 2.30. The molecule has 10 heavy (non-hydrogen) atoms. The molecule has 0 aliphatic carbocycles. The first kappa shape index (κ1) is 7.11. The molecule has 0 radical (unpaired) electrons. The Balaban J connectivity index is 2.88. The van der Waals surface area contributed by atoms with Gasteiger partial charge in [-0.3, -0.25) is 4.98 Å². The summed E-state index contributed by atoms with van der Waals surface area (Å²) in [5.74, 6) is 2.38. The second-order valence-corrected chi connectivity index (χ2v) is 2.22. The van der Waals surface area contributed by atoms with Crippen molar-refractivity contribution < 1.29 is 0 Å². The van der Waals surface area contributed by atoms with Gasteiger partial charge in [0.25, 0.3) is 0 Å². The van der Waals surface area contributed by atoms with Crippen LogP contribution in [0.3, 0.4) is 0 Å². The predicted octanol–water partition coefficient (Wildman–Crippen LogP) is 1.99. The van der Waals surface area contributed by atoms with E-state index in [-0.39, 0.29) is 0 Å². The van der Waals surface area contributed by atoms with Crippen LogP contribution in [0.1, 0.15) is 11.1 Å². The highest BCUT2D eigenvalue weighted by molar-refractivity contribution is 6.22. The first-order valence-electron chi connectivity index (χ1n) is 2.85. The third kappa shape index (κ3) is 1.49. The molecule has 0 fully saturated rings. The normalized spacial score (nSPS) is 12.0. The van der Waals surface area contributed by atoms with Crippen LogP contribution in [-0.2, 0) is 0 Å². The average Bonchev–Trinajstić information content (AvgIpc) is 2.05. The van der Waals surface area contributed by atoms with E-state index in [0.29, 0.717) is 0 Å². The smallest absolute Gasteiger partial charge is 0.136 e. The van der Waals surface area contributed by atoms with Crippen molar-refractivity contribution in [3.8, 4) is 12.3 Å². The topological polar surface area (TPSA) is 12.9 Å². The summed E-state index contributed by atoms with van der Waals surface area (Å²) in [5.41, 5.74) is 0.728. The molecule has 0 aromatic carbocycles. The molecule has 0 aliphatic rings. The maximum absolute atomic E-state index is 5.69. The molecule has 1 unspecified atom stereocenters. The molecule has 0 saturated heterocycles. The lowest BCUT2D eigenvalue weighted by molar-refractivity contribution is 1.10. The number of rotatable bonds is 1. The van der Waals surface area contributed by atoms with Gasteiger partial charge in [-0.15, -0.1) is 18.0 Å². The SMILES string of the molecule is C#CC(Cl)c1ccccn1. The molecule has 0 bridgehead atoms. The number of halogens is 1. The van der Waals surface area contributed by atoms with Crippen LogP contribution in [0.15, 0.2) is 24.4 Å². The highest BCUT2D eigenvalue weighted by Crippen LogP contribution is 2.14. The van der Waals surface area contributed by atoms with Crippen LogP contribution in [0.25, 0.3) is 0 Å². The number of nitrogens with zero attached hydrogens (tertiary/aromatic N) is 1. The average molecular weight is 152 g/mol. The van der Waals surface area contributed by atoms with Crippen molar-refractivity contribution >= 4 is 11.6 Å². The molecule has 1 aromatic heterocycles. The standard InChI is InChI=1S/C8H6ClN/c1-2-7(9)8-5-3-4-6-10-8/h1,3-7H. The minimum atomic E-state index is -0.402. The second kappa shape index (κ2) is 3.24. The van der Waals surface area contributed by atoms with Gasteiger partial charge < -0.3 is 0 Å². The Labute approximate surface area is 65.0 Å². The van der Waals surface area contributed by atoms with Gasteiger partial charge in [-0.2, -0.15) is 0 Å². The van der Waals surface area contributed by atoms with Crippen molar-refractivity contribution in [1.29, 1.82) is 0 Å². The fourth-order valence-electron chi connectivity index (χ4n) is 0.611. The maximum atomic E-state index is 5.69. The molecule has 0 saturated carbocycles. The number of hydrogen-bond acceptors (Lipinski definition) is 1. The Morgan fingerprint density at radius 2 is 2.40 bits per heavy atom. The highest BCUT2D eigenvalue weighted by Gasteiger charge is 2.01. The summed E-state index contributed by atoms with van der Waals surface area (Å²) >= 11 is 5.69. The van der Waals surface area contributed by atoms with Crippen molar-refractivity contribution in [2.24, 2.45) is 0 Å². The fraction of sp³-hybridized carbons (Fsp3) is 0.125. The largest absolute Gasteiger partial charge is 0.259 e. The predicted molar refractivity (Wildman–Crippen MR) is 41.7 cm³/mol. The van der Waals surface area contributed by atoms with Crippen LogP contribution in [0.5, 0.6) is 0 Å². The summed E-state index contributed by atoms with van der Waals surface area (Å²) in [7, 11) is 0. The molecular formula is C8H6ClN. The van der Waals surface area contributed by atoms with E-state index in [4.69, 9.17) is 18.0 Å². The molecule has 1 atom stereocenters. The fourth-order valence-corrected chi connectivity index (χ4v) is 0.740. The molecule has 50 valence electrons. The third-order valence-corrected chi connectivity index (χ3v) is 1.44. The van der Waals surface area contributed by atoms with Crippen molar-refractivity contribution in [3.05, 3.63) is 30.1 Å². The summed E-state index contributed by atoms with van der Waals surface area (Å²) in [6, 6.07) is 5.48. The van der Waals surface area contributed by atoms with Crippen LogP contribution in [-0.4, -0.2) is 4.98 Å². The zero-order valence-corrected chi connectivity index (χ0v) is 6.05. The van der Waals surface area contributed by atoms with Crippen LogP contribution in [0.4, 0.5) is 0 Å². The first-order chi connectivity index (χ1) is 4.84. The van der Waals surface area contributed by atoms with Crippen LogP contribution >= 0.6 is 11.6 Å². The van der Waals surface area contributed by atoms with Gasteiger partial charge in [-0.25, -0.2) is 0 Å². The molecule has 0 aliphatic heterocycles. The van der Waals surface area contributed by atoms with E-state index in [1.165, 1.54) is 0 Å². The summed E-state index contributed by atoms with van der Waals surface area (Å²) < 4.78 is 0. The van der Waals surface area contributed by atoms with Gasteiger partial charge in [0.05, 0.1) is 5.69 Å². The first-order valence-corrected chi connectivity index (χ1v) is 3.29. The van der Waals surface area contributed by atoms with E-state index >= 15 is 0 Å². The lowest BCUT2D eigenvalue weighted by Gasteiger charge is -1.97. The van der Waals surface area contributed by atoms with E-state index in [1.54, 1.807) is 12.3 Å². The number of pyridine rings is 1. The van der Waals surface area contributed by atoms with Gasteiger partial charge in [0.1, 0.15) is 5.38 Å². The molecule has 0 amide bonds.